The number of hydrogen-bond acceptors (Lipinski definition) is 4. The number of primary amides is 1. The van der Waals surface area contributed by atoms with E-state index in [-0.39, 0.29) is 5.88 Å². The maximum atomic E-state index is 11.4. The van der Waals surface area contributed by atoms with Gasteiger partial charge >= 0.3 is 0 Å². The Kier molecular flexibility index (Phi) is 4.67. The molecule has 1 aromatic rings. The number of anilines is 2. The van der Waals surface area contributed by atoms with E-state index in [1.807, 2.05) is 12.1 Å². The molecule has 1 aromatic carbocycles. The van der Waals surface area contributed by atoms with Crippen molar-refractivity contribution in [1.29, 1.82) is 0 Å². The molecule has 1 atom stereocenters. The number of nitrogens with two attached hydrogens (primary N) is 1. The number of halogens is 1. The maximum absolute atomic E-state index is 11.4. The lowest BCUT2D eigenvalue weighted by atomic mass is 10.0. The van der Waals surface area contributed by atoms with Crippen LogP contribution in [0.4, 0.5) is 11.4 Å². The van der Waals surface area contributed by atoms with Crippen molar-refractivity contribution < 1.29 is 9.53 Å². The monoisotopic (exact) mass is 271 g/mol. The number of rotatable bonds is 6. The Morgan fingerprint density at radius 1 is 1.50 bits per heavy atom. The fourth-order valence-electron chi connectivity index (χ4n) is 1.43. The first-order valence-electron chi connectivity index (χ1n) is 5.46. The summed E-state index contributed by atoms with van der Waals surface area (Å²) in [6.07, 6.45) is 0. The zero-order valence-electron chi connectivity index (χ0n) is 10.7. The van der Waals surface area contributed by atoms with Crippen molar-refractivity contribution in [3.8, 4) is 5.75 Å². The van der Waals surface area contributed by atoms with Crippen molar-refractivity contribution in [2.45, 2.75) is 12.5 Å². The van der Waals surface area contributed by atoms with Crippen molar-refractivity contribution in [1.82, 2.24) is 0 Å². The molecule has 18 heavy (non-hydrogen) atoms. The van der Waals surface area contributed by atoms with E-state index in [1.54, 1.807) is 27.1 Å². The van der Waals surface area contributed by atoms with Crippen LogP contribution in [0.5, 0.6) is 5.75 Å². The number of ether oxygens (including phenoxy) is 1. The minimum atomic E-state index is -1.01. The Hall–Kier alpha value is -1.62. The first-order chi connectivity index (χ1) is 8.46. The van der Waals surface area contributed by atoms with E-state index in [0.717, 1.165) is 5.69 Å². The van der Waals surface area contributed by atoms with E-state index < -0.39 is 11.4 Å². The van der Waals surface area contributed by atoms with Crippen LogP contribution in [0.25, 0.3) is 0 Å². The van der Waals surface area contributed by atoms with Gasteiger partial charge in [0.15, 0.2) is 0 Å². The summed E-state index contributed by atoms with van der Waals surface area (Å²) in [6, 6.07) is 5.44. The molecule has 5 nitrogen and oxygen atoms in total. The van der Waals surface area contributed by atoms with Crippen LogP contribution in [-0.2, 0) is 4.79 Å². The Balaban J connectivity index is 3.11. The quantitative estimate of drug-likeness (QED) is 0.688. The molecule has 0 radical (unpaired) electrons. The van der Waals surface area contributed by atoms with Crippen molar-refractivity contribution >= 4 is 28.9 Å². The van der Waals surface area contributed by atoms with Crippen LogP contribution in [0.1, 0.15) is 6.92 Å². The molecule has 0 saturated heterocycles. The van der Waals surface area contributed by atoms with E-state index in [4.69, 9.17) is 22.1 Å². The molecular formula is C12H18ClN3O2. The smallest absolute Gasteiger partial charge is 0.244 e. The fraction of sp³-hybridized carbons (Fsp3) is 0.417. The average Bonchev–Trinajstić information content (AvgIpc) is 2.38. The van der Waals surface area contributed by atoms with Gasteiger partial charge in [-0.05, 0) is 19.1 Å². The van der Waals surface area contributed by atoms with Crippen LogP contribution in [0.3, 0.4) is 0 Å². The Morgan fingerprint density at radius 3 is 2.61 bits per heavy atom. The molecule has 0 saturated carbocycles. The summed E-state index contributed by atoms with van der Waals surface area (Å²) >= 11 is 5.81. The zero-order valence-corrected chi connectivity index (χ0v) is 11.5. The molecule has 0 aliphatic heterocycles. The summed E-state index contributed by atoms with van der Waals surface area (Å²) < 4.78 is 5.15. The number of methoxy groups -OCH3 is 1. The molecular weight excluding hydrogens is 254 g/mol. The van der Waals surface area contributed by atoms with Gasteiger partial charge in [0.05, 0.1) is 24.4 Å². The molecule has 1 amide bonds. The van der Waals surface area contributed by atoms with E-state index in [2.05, 4.69) is 10.6 Å². The molecule has 4 N–H and O–H groups in total. The molecule has 100 valence electrons. The highest BCUT2D eigenvalue weighted by molar-refractivity contribution is 6.21. The predicted molar refractivity (Wildman–Crippen MR) is 74.5 cm³/mol. The average molecular weight is 272 g/mol. The third-order valence-electron chi connectivity index (χ3n) is 2.72. The molecule has 0 fully saturated rings. The first-order valence-corrected chi connectivity index (χ1v) is 6.00. The third-order valence-corrected chi connectivity index (χ3v) is 3.25. The number of amides is 1. The predicted octanol–water partition coefficient (Wildman–Crippen LogP) is 1.63. The highest BCUT2D eigenvalue weighted by atomic mass is 35.5. The number of hydrogen-bond donors (Lipinski definition) is 3. The summed E-state index contributed by atoms with van der Waals surface area (Å²) in [4.78, 5) is 11.4. The molecule has 1 unspecified atom stereocenters. The second-order valence-corrected chi connectivity index (χ2v) is 4.38. The van der Waals surface area contributed by atoms with Gasteiger partial charge in [-0.1, -0.05) is 0 Å². The second kappa shape index (κ2) is 5.82. The minimum absolute atomic E-state index is 0.0721. The van der Waals surface area contributed by atoms with Crippen LogP contribution in [0.2, 0.25) is 0 Å². The van der Waals surface area contributed by atoms with Crippen molar-refractivity contribution in [3.05, 3.63) is 18.2 Å². The summed E-state index contributed by atoms with van der Waals surface area (Å²) in [5.74, 6) is 0.239. The van der Waals surface area contributed by atoms with Gasteiger partial charge in [0.25, 0.3) is 0 Å². The van der Waals surface area contributed by atoms with E-state index >= 15 is 0 Å². The van der Waals surface area contributed by atoms with E-state index in [9.17, 15) is 4.79 Å². The highest BCUT2D eigenvalue weighted by Gasteiger charge is 2.30. The lowest BCUT2D eigenvalue weighted by Gasteiger charge is -2.27. The van der Waals surface area contributed by atoms with Crippen molar-refractivity contribution in [3.63, 3.8) is 0 Å². The summed E-state index contributed by atoms with van der Waals surface area (Å²) in [5, 5.41) is 6.07. The number of alkyl halides is 1. The van der Waals surface area contributed by atoms with Crippen LogP contribution < -0.4 is 21.1 Å². The molecule has 0 aromatic heterocycles. The summed E-state index contributed by atoms with van der Waals surface area (Å²) in [6.45, 7) is 1.65. The molecule has 0 bridgehead atoms. The van der Waals surface area contributed by atoms with Gasteiger partial charge in [-0.25, -0.2) is 0 Å². The Morgan fingerprint density at radius 2 is 2.17 bits per heavy atom. The maximum Gasteiger partial charge on any atom is 0.244 e. The largest absolute Gasteiger partial charge is 0.497 e. The molecule has 0 heterocycles. The molecule has 1 rings (SSSR count). The molecule has 6 heteroatoms. The van der Waals surface area contributed by atoms with Gasteiger partial charge in [0, 0.05) is 13.1 Å². The molecule has 0 aliphatic carbocycles. The molecule has 0 spiro atoms. The minimum Gasteiger partial charge on any atom is -0.497 e. The van der Waals surface area contributed by atoms with Crippen LogP contribution in [0, 0.1) is 0 Å². The Bertz CT molecular complexity index is 439. The van der Waals surface area contributed by atoms with Crippen LogP contribution in [-0.4, -0.2) is 31.5 Å². The van der Waals surface area contributed by atoms with Gasteiger partial charge in [0.2, 0.25) is 5.91 Å². The number of carbonyl (C=O) groups excluding carboxylic acids is 1. The number of nitrogens with one attached hydrogen (secondary N) is 2. The van der Waals surface area contributed by atoms with Gasteiger partial charge in [-0.3, -0.25) is 4.79 Å². The number of benzene rings is 1. The van der Waals surface area contributed by atoms with Crippen molar-refractivity contribution in [2.24, 2.45) is 5.73 Å². The summed E-state index contributed by atoms with van der Waals surface area (Å²) in [7, 11) is 3.36. The Labute approximate surface area is 112 Å². The van der Waals surface area contributed by atoms with Crippen LogP contribution in [0.15, 0.2) is 18.2 Å². The standard InChI is InChI=1S/C12H18ClN3O2/c1-12(7-13,11(14)17)16-10-6-8(18-3)4-5-9(10)15-2/h4-6,15-16H,7H2,1-3H3,(H2,14,17). The lowest BCUT2D eigenvalue weighted by molar-refractivity contribution is -0.121. The normalized spacial score (nSPS) is 13.6. The topological polar surface area (TPSA) is 76.4 Å². The zero-order chi connectivity index (χ0) is 13.8. The number of carbonyl (C=O) groups is 1. The first kappa shape index (κ1) is 14.4. The SMILES string of the molecule is CNc1ccc(OC)cc1NC(C)(CCl)C(N)=O. The highest BCUT2D eigenvalue weighted by Crippen LogP contribution is 2.29. The van der Waals surface area contributed by atoms with Crippen molar-refractivity contribution in [2.75, 3.05) is 30.7 Å². The van der Waals surface area contributed by atoms with Gasteiger partial charge in [-0.2, -0.15) is 0 Å². The third kappa shape index (κ3) is 2.98. The van der Waals surface area contributed by atoms with E-state index in [0.29, 0.717) is 11.4 Å². The second-order valence-electron chi connectivity index (χ2n) is 4.12. The van der Waals surface area contributed by atoms with Crippen LogP contribution >= 0.6 is 11.6 Å². The molecule has 0 aliphatic rings. The van der Waals surface area contributed by atoms with E-state index in [1.165, 1.54) is 0 Å². The van der Waals surface area contributed by atoms with Gasteiger partial charge in [0.1, 0.15) is 11.3 Å². The van der Waals surface area contributed by atoms with Gasteiger partial charge < -0.3 is 21.1 Å². The summed E-state index contributed by atoms with van der Waals surface area (Å²) in [5.41, 5.74) is 5.87. The van der Waals surface area contributed by atoms with Gasteiger partial charge in [-0.15, -0.1) is 11.6 Å². The fourth-order valence-corrected chi connectivity index (χ4v) is 1.63. The lowest BCUT2D eigenvalue weighted by Crippen LogP contribution is -2.49.